The highest BCUT2D eigenvalue weighted by atomic mass is 35.5. The van der Waals surface area contributed by atoms with Crippen LogP contribution in [0.25, 0.3) is 0 Å². The summed E-state index contributed by atoms with van der Waals surface area (Å²) in [5.74, 6) is 1.42. The molecule has 0 bridgehead atoms. The van der Waals surface area contributed by atoms with Gasteiger partial charge in [-0.15, -0.1) is 0 Å². The molecule has 0 spiro atoms. The quantitative estimate of drug-likeness (QED) is 0.0532. The van der Waals surface area contributed by atoms with Crippen LogP contribution in [-0.4, -0.2) is 63.2 Å². The van der Waals surface area contributed by atoms with E-state index >= 15 is 0 Å². The average Bonchev–Trinajstić information content (AvgIpc) is 3.10. The second-order valence-corrected chi connectivity index (χ2v) is 16.1. The van der Waals surface area contributed by atoms with Crippen LogP contribution in [0.5, 0.6) is 11.5 Å². The van der Waals surface area contributed by atoms with Gasteiger partial charge in [-0.25, -0.2) is 4.67 Å². The Labute approximate surface area is 313 Å². The van der Waals surface area contributed by atoms with Gasteiger partial charge in [0, 0.05) is 28.8 Å². The van der Waals surface area contributed by atoms with Crippen LogP contribution in [0.15, 0.2) is 97.1 Å². The number of rotatable bonds is 19. The Morgan fingerprint density at radius 3 is 1.65 bits per heavy atom. The number of benzene rings is 4. The van der Waals surface area contributed by atoms with Crippen molar-refractivity contribution in [1.82, 2.24) is 4.67 Å². The van der Waals surface area contributed by atoms with Gasteiger partial charge in [0.1, 0.15) is 23.2 Å². The maximum absolute atomic E-state index is 14.2. The summed E-state index contributed by atoms with van der Waals surface area (Å²) in [7, 11) is -0.00490. The van der Waals surface area contributed by atoms with Crippen molar-refractivity contribution in [2.24, 2.45) is 0 Å². The van der Waals surface area contributed by atoms with Crippen LogP contribution in [-0.2, 0) is 35.5 Å². The smallest absolute Gasteiger partial charge is 0.269 e. The van der Waals surface area contributed by atoms with Crippen molar-refractivity contribution in [3.63, 3.8) is 0 Å². The molecule has 4 rings (SSSR count). The van der Waals surface area contributed by atoms with Crippen molar-refractivity contribution in [1.29, 1.82) is 0 Å². The van der Waals surface area contributed by atoms with E-state index in [9.17, 15) is 4.57 Å². The van der Waals surface area contributed by atoms with E-state index < -0.39 is 25.5 Å². The van der Waals surface area contributed by atoms with Crippen LogP contribution in [0.2, 0.25) is 10.0 Å². The second kappa shape index (κ2) is 18.7. The molecule has 3 atom stereocenters. The summed E-state index contributed by atoms with van der Waals surface area (Å²) in [6, 6.07) is 30.8. The van der Waals surface area contributed by atoms with Gasteiger partial charge in [0.15, 0.2) is 6.29 Å². The molecule has 4 aromatic carbocycles. The van der Waals surface area contributed by atoms with E-state index in [2.05, 4.69) is 0 Å². The van der Waals surface area contributed by atoms with Crippen LogP contribution in [0, 0.1) is 0 Å². The Bertz CT molecular complexity index is 1630. The summed E-state index contributed by atoms with van der Waals surface area (Å²) in [5.41, 5.74) is 2.22. The number of ether oxygens (including phenoxy) is 5. The van der Waals surface area contributed by atoms with Gasteiger partial charge in [-0.05, 0) is 99.3 Å². The van der Waals surface area contributed by atoms with Crippen molar-refractivity contribution >= 4 is 30.7 Å². The molecule has 0 N–H and O–H groups in total. The summed E-state index contributed by atoms with van der Waals surface area (Å²) in [4.78, 5) is 0. The molecule has 11 heteroatoms. The number of methoxy groups -OCH3 is 2. The summed E-state index contributed by atoms with van der Waals surface area (Å²) < 4.78 is 53.2. The Kier molecular flexibility index (Phi) is 15.0. The van der Waals surface area contributed by atoms with E-state index in [1.54, 1.807) is 39.1 Å². The van der Waals surface area contributed by atoms with E-state index in [0.717, 1.165) is 22.3 Å². The van der Waals surface area contributed by atoms with E-state index in [4.69, 9.17) is 51.4 Å². The first-order valence-corrected chi connectivity index (χ1v) is 19.8. The van der Waals surface area contributed by atoms with E-state index in [1.807, 2.05) is 118 Å². The molecule has 0 aliphatic carbocycles. The van der Waals surface area contributed by atoms with E-state index in [1.165, 1.54) is 0 Å². The number of hydrogen-bond donors (Lipinski definition) is 0. The van der Waals surface area contributed by atoms with Gasteiger partial charge in [0.25, 0.3) is 7.52 Å². The minimum Gasteiger partial charge on any atom is -0.497 e. The molecule has 0 radical (unpaired) electrons. The van der Waals surface area contributed by atoms with Crippen molar-refractivity contribution in [3.05, 3.63) is 129 Å². The lowest BCUT2D eigenvalue weighted by Crippen LogP contribution is -2.41. The SMILES string of the molecule is COc1ccc(C(OC(COC(C)OCc2cc(Cl)cc(Cl)c2)COP(C)(=O)N(C(C)C)C(C)C)(c2ccccc2)c2ccc(OC)cc2)cc1. The summed E-state index contributed by atoms with van der Waals surface area (Å²) in [5, 5.41) is 1.05. The first-order chi connectivity index (χ1) is 24.3. The van der Waals surface area contributed by atoms with Gasteiger partial charge in [-0.3, -0.25) is 4.57 Å². The lowest BCUT2D eigenvalue weighted by atomic mass is 9.79. The van der Waals surface area contributed by atoms with Crippen LogP contribution in [0.1, 0.15) is 56.9 Å². The topological polar surface area (TPSA) is 75.7 Å². The van der Waals surface area contributed by atoms with E-state index in [-0.39, 0.29) is 31.9 Å². The lowest BCUT2D eigenvalue weighted by Gasteiger charge is -2.40. The van der Waals surface area contributed by atoms with Gasteiger partial charge in [0.05, 0.1) is 34.0 Å². The molecule has 0 aliphatic rings. The van der Waals surface area contributed by atoms with Crippen molar-refractivity contribution in [2.45, 2.75) is 71.3 Å². The molecule has 0 fully saturated rings. The normalized spacial score (nSPS) is 14.5. The molecule has 4 aromatic rings. The average molecular weight is 759 g/mol. The van der Waals surface area contributed by atoms with Gasteiger partial charge in [-0.2, -0.15) is 0 Å². The third-order valence-electron chi connectivity index (χ3n) is 8.42. The van der Waals surface area contributed by atoms with Crippen molar-refractivity contribution in [3.8, 4) is 11.5 Å². The van der Waals surface area contributed by atoms with E-state index in [0.29, 0.717) is 21.5 Å². The van der Waals surface area contributed by atoms with Crippen molar-refractivity contribution in [2.75, 3.05) is 34.1 Å². The minimum atomic E-state index is -3.27. The molecule has 0 aromatic heterocycles. The zero-order valence-corrected chi connectivity index (χ0v) is 33.1. The molecule has 3 unspecified atom stereocenters. The van der Waals surface area contributed by atoms with Crippen LogP contribution < -0.4 is 9.47 Å². The molecule has 0 saturated heterocycles. The summed E-state index contributed by atoms with van der Waals surface area (Å²) in [6.07, 6.45) is -1.37. The number of hydrogen-bond acceptors (Lipinski definition) is 7. The summed E-state index contributed by atoms with van der Waals surface area (Å²) >= 11 is 12.4. The molecular weight excluding hydrogens is 708 g/mol. The molecule has 8 nitrogen and oxygen atoms in total. The molecule has 51 heavy (non-hydrogen) atoms. The largest absolute Gasteiger partial charge is 0.497 e. The maximum atomic E-state index is 14.2. The van der Waals surface area contributed by atoms with Crippen LogP contribution >= 0.6 is 30.7 Å². The predicted octanol–water partition coefficient (Wildman–Crippen LogP) is 10.2. The number of nitrogens with zero attached hydrogens (tertiary/aromatic N) is 1. The lowest BCUT2D eigenvalue weighted by molar-refractivity contribution is -0.175. The molecule has 0 amide bonds. The zero-order chi connectivity index (χ0) is 37.2. The molecule has 0 saturated carbocycles. The fraction of sp³-hybridized carbons (Fsp3) is 0.400. The van der Waals surface area contributed by atoms with Crippen LogP contribution in [0.3, 0.4) is 0 Å². The van der Waals surface area contributed by atoms with Crippen molar-refractivity contribution < 1.29 is 32.8 Å². The highest BCUT2D eigenvalue weighted by Crippen LogP contribution is 2.50. The standard InChI is InChI=1S/C40H50Cl2NO7P/c1-28(2)43(29(3)4)51(8,44)49-27-39(26-48-30(5)47-25-31-22-35(41)24-36(42)23-31)50-40(32-12-10-9-11-13-32,33-14-18-37(45-6)19-15-33)34-16-20-38(46-7)21-17-34/h9-24,28-30,39H,25-27H2,1-8H3. The highest BCUT2D eigenvalue weighted by molar-refractivity contribution is 7.55. The molecular formula is C40H50Cl2NO7P. The first-order valence-electron chi connectivity index (χ1n) is 17.0. The Morgan fingerprint density at radius 1 is 0.686 bits per heavy atom. The highest BCUT2D eigenvalue weighted by Gasteiger charge is 2.41. The zero-order valence-electron chi connectivity index (χ0n) is 30.7. The third-order valence-corrected chi connectivity index (χ3v) is 11.2. The number of halogens is 2. The first kappa shape index (κ1) is 40.9. The van der Waals surface area contributed by atoms with Gasteiger partial charge in [-0.1, -0.05) is 77.8 Å². The molecule has 0 aliphatic heterocycles. The Balaban J connectivity index is 1.76. The second-order valence-electron chi connectivity index (χ2n) is 12.9. The van der Waals surface area contributed by atoms with Gasteiger partial charge in [0.2, 0.25) is 0 Å². The Hall–Kier alpha value is -2.91. The fourth-order valence-electron chi connectivity index (χ4n) is 6.32. The molecule has 276 valence electrons. The van der Waals surface area contributed by atoms with Gasteiger partial charge < -0.3 is 28.2 Å². The molecule has 0 heterocycles. The fourth-order valence-corrected chi connectivity index (χ4v) is 9.14. The van der Waals surface area contributed by atoms with Crippen LogP contribution in [0.4, 0.5) is 0 Å². The predicted molar refractivity (Wildman–Crippen MR) is 205 cm³/mol. The monoisotopic (exact) mass is 757 g/mol. The minimum absolute atomic E-state index is 0.00752. The Morgan fingerprint density at radius 2 is 1.18 bits per heavy atom. The summed E-state index contributed by atoms with van der Waals surface area (Å²) in [6.45, 7) is 11.8. The third kappa shape index (κ3) is 10.8. The maximum Gasteiger partial charge on any atom is 0.269 e. The van der Waals surface area contributed by atoms with Gasteiger partial charge >= 0.3 is 0 Å².